The third-order valence-corrected chi connectivity index (χ3v) is 6.10. The highest BCUT2D eigenvalue weighted by atomic mass is 16.2. The number of nitrogens with zero attached hydrogens (tertiary/aromatic N) is 4. The molecule has 2 aromatic rings. The van der Waals surface area contributed by atoms with Crippen LogP contribution in [0.2, 0.25) is 0 Å². The average Bonchev–Trinajstić information content (AvgIpc) is 2.89. The molecule has 0 bridgehead atoms. The second-order valence-corrected chi connectivity index (χ2v) is 8.51. The molecule has 1 heterocycles. The van der Waals surface area contributed by atoms with Gasteiger partial charge in [0.15, 0.2) is 0 Å². The fraction of sp³-hybridized carbons (Fsp3) is 0.444. The molecule has 2 amide bonds. The number of hydrogen-bond acceptors (Lipinski definition) is 5. The van der Waals surface area contributed by atoms with Gasteiger partial charge in [-0.1, -0.05) is 36.4 Å². The Bertz CT molecular complexity index is 921. The van der Waals surface area contributed by atoms with E-state index < -0.39 is 0 Å². The second-order valence-electron chi connectivity index (χ2n) is 8.51. The number of para-hydroxylation sites is 2. The van der Waals surface area contributed by atoms with Gasteiger partial charge in [0.1, 0.15) is 0 Å². The number of unbranched alkanes of at least 4 members (excludes halogenated alkanes) is 1. The number of amides is 2. The van der Waals surface area contributed by atoms with Gasteiger partial charge >= 0.3 is 0 Å². The summed E-state index contributed by atoms with van der Waals surface area (Å²) in [5.74, 6) is -0.232. The first kappa shape index (κ1) is 25.3. The molecule has 0 spiro atoms. The van der Waals surface area contributed by atoms with E-state index >= 15 is 0 Å². The maximum atomic E-state index is 12.6. The van der Waals surface area contributed by atoms with Crippen molar-refractivity contribution >= 4 is 23.2 Å². The molecule has 0 radical (unpaired) electrons. The third kappa shape index (κ3) is 8.20. The molecule has 1 N–H and O–H groups in total. The van der Waals surface area contributed by atoms with Gasteiger partial charge in [-0.15, -0.1) is 0 Å². The van der Waals surface area contributed by atoms with E-state index in [2.05, 4.69) is 45.5 Å². The van der Waals surface area contributed by atoms with Crippen molar-refractivity contribution in [1.29, 1.82) is 5.26 Å². The lowest BCUT2D eigenvalue weighted by Gasteiger charge is -2.36. The number of carbonyl (C=O) groups is 2. The fourth-order valence-corrected chi connectivity index (χ4v) is 4.17. The van der Waals surface area contributed by atoms with Crippen LogP contribution in [0, 0.1) is 11.3 Å². The van der Waals surface area contributed by atoms with E-state index in [1.54, 1.807) is 4.90 Å². The molecule has 0 atom stereocenters. The van der Waals surface area contributed by atoms with E-state index in [4.69, 9.17) is 5.26 Å². The molecule has 34 heavy (non-hydrogen) atoms. The molecule has 0 saturated carbocycles. The summed E-state index contributed by atoms with van der Waals surface area (Å²) in [5.41, 5.74) is 2.05. The molecule has 1 aliphatic heterocycles. The van der Waals surface area contributed by atoms with Crippen molar-refractivity contribution in [1.82, 2.24) is 10.2 Å². The van der Waals surface area contributed by atoms with E-state index in [0.717, 1.165) is 51.3 Å². The first-order valence-corrected chi connectivity index (χ1v) is 12.2. The van der Waals surface area contributed by atoms with Crippen LogP contribution < -0.4 is 15.1 Å². The van der Waals surface area contributed by atoms with Gasteiger partial charge in [-0.05, 0) is 43.7 Å². The topological polar surface area (TPSA) is 79.7 Å². The van der Waals surface area contributed by atoms with Crippen LogP contribution >= 0.6 is 0 Å². The van der Waals surface area contributed by atoms with Crippen LogP contribution in [-0.4, -0.2) is 62.5 Å². The fourth-order valence-electron chi connectivity index (χ4n) is 4.17. The van der Waals surface area contributed by atoms with E-state index in [-0.39, 0.29) is 31.1 Å². The summed E-state index contributed by atoms with van der Waals surface area (Å²) in [6, 6.07) is 21.9. The maximum Gasteiger partial charge on any atom is 0.227 e. The first-order valence-electron chi connectivity index (χ1n) is 12.2. The summed E-state index contributed by atoms with van der Waals surface area (Å²) in [6.45, 7) is 6.22. The molecular weight excluding hydrogens is 426 g/mol. The van der Waals surface area contributed by atoms with Crippen LogP contribution in [0.15, 0.2) is 60.7 Å². The van der Waals surface area contributed by atoms with Crippen LogP contribution in [0.25, 0.3) is 0 Å². The number of piperazine rings is 1. The molecule has 180 valence electrons. The van der Waals surface area contributed by atoms with Crippen molar-refractivity contribution in [3.8, 4) is 6.07 Å². The number of rotatable bonds is 12. The van der Waals surface area contributed by atoms with E-state index in [9.17, 15) is 9.59 Å². The Labute approximate surface area is 203 Å². The number of nitrogens with one attached hydrogen (secondary N) is 1. The van der Waals surface area contributed by atoms with Crippen LogP contribution in [-0.2, 0) is 9.59 Å². The molecule has 1 fully saturated rings. The summed E-state index contributed by atoms with van der Waals surface area (Å²) in [7, 11) is 0. The Morgan fingerprint density at radius 1 is 0.912 bits per heavy atom. The van der Waals surface area contributed by atoms with Gasteiger partial charge in [-0.3, -0.25) is 14.5 Å². The number of anilines is 2. The van der Waals surface area contributed by atoms with E-state index in [0.29, 0.717) is 13.1 Å². The molecule has 7 heteroatoms. The lowest BCUT2D eigenvalue weighted by molar-refractivity contribution is -0.125. The quantitative estimate of drug-likeness (QED) is 0.490. The Balaban J connectivity index is 1.27. The highest BCUT2D eigenvalue weighted by Gasteiger charge is 2.18. The monoisotopic (exact) mass is 461 g/mol. The molecule has 1 aliphatic rings. The van der Waals surface area contributed by atoms with Crippen molar-refractivity contribution in [2.45, 2.75) is 32.1 Å². The zero-order valence-corrected chi connectivity index (χ0v) is 19.9. The number of carbonyl (C=O) groups excluding carboxylic acids is 2. The molecule has 0 aliphatic carbocycles. The van der Waals surface area contributed by atoms with Gasteiger partial charge in [0, 0.05) is 63.5 Å². The third-order valence-electron chi connectivity index (χ3n) is 6.10. The highest BCUT2D eigenvalue weighted by molar-refractivity contribution is 5.95. The minimum Gasteiger partial charge on any atom is -0.369 e. The number of benzene rings is 2. The Morgan fingerprint density at radius 2 is 1.59 bits per heavy atom. The second kappa shape index (κ2) is 14.0. The van der Waals surface area contributed by atoms with Crippen LogP contribution in [0.4, 0.5) is 11.4 Å². The minimum atomic E-state index is -0.133. The van der Waals surface area contributed by atoms with Crippen LogP contribution in [0.3, 0.4) is 0 Å². The van der Waals surface area contributed by atoms with Crippen LogP contribution in [0.1, 0.15) is 32.1 Å². The lowest BCUT2D eigenvalue weighted by atomic mass is 10.2. The van der Waals surface area contributed by atoms with E-state index in [1.165, 1.54) is 5.69 Å². The largest absolute Gasteiger partial charge is 0.369 e. The van der Waals surface area contributed by atoms with Crippen molar-refractivity contribution < 1.29 is 9.59 Å². The predicted octanol–water partition coefficient (Wildman–Crippen LogP) is 3.43. The summed E-state index contributed by atoms with van der Waals surface area (Å²) in [4.78, 5) is 31.4. The predicted molar refractivity (Wildman–Crippen MR) is 136 cm³/mol. The van der Waals surface area contributed by atoms with Gasteiger partial charge in [-0.25, -0.2) is 0 Å². The Kier molecular flexibility index (Phi) is 10.4. The van der Waals surface area contributed by atoms with Gasteiger partial charge in [0.25, 0.3) is 0 Å². The van der Waals surface area contributed by atoms with Crippen molar-refractivity contribution in [2.75, 3.05) is 55.6 Å². The lowest BCUT2D eigenvalue weighted by Crippen LogP contribution is -2.46. The van der Waals surface area contributed by atoms with Gasteiger partial charge in [0.2, 0.25) is 11.8 Å². The summed E-state index contributed by atoms with van der Waals surface area (Å²) in [6.07, 6.45) is 2.53. The highest BCUT2D eigenvalue weighted by Crippen LogP contribution is 2.16. The zero-order chi connectivity index (χ0) is 24.0. The smallest absolute Gasteiger partial charge is 0.227 e. The normalized spacial score (nSPS) is 13.8. The zero-order valence-electron chi connectivity index (χ0n) is 19.9. The molecule has 7 nitrogen and oxygen atoms in total. The van der Waals surface area contributed by atoms with Gasteiger partial charge in [-0.2, -0.15) is 5.26 Å². The Morgan fingerprint density at radius 3 is 2.26 bits per heavy atom. The molecule has 1 saturated heterocycles. The van der Waals surface area contributed by atoms with Crippen LogP contribution in [0.5, 0.6) is 0 Å². The molecule has 2 aromatic carbocycles. The molecule has 0 unspecified atom stereocenters. The van der Waals surface area contributed by atoms with Gasteiger partial charge < -0.3 is 15.1 Å². The molecular formula is C27H35N5O2. The Hall–Kier alpha value is -3.37. The number of nitriles is 1. The summed E-state index contributed by atoms with van der Waals surface area (Å²) >= 11 is 0. The average molecular weight is 462 g/mol. The summed E-state index contributed by atoms with van der Waals surface area (Å²) < 4.78 is 0. The maximum absolute atomic E-state index is 12.6. The van der Waals surface area contributed by atoms with Crippen molar-refractivity contribution in [3.05, 3.63) is 60.7 Å². The van der Waals surface area contributed by atoms with Crippen molar-refractivity contribution in [3.63, 3.8) is 0 Å². The SMILES string of the molecule is N#CCCN(C(=O)CCC(=O)NCCCCN1CCN(c2ccccc2)CC1)c1ccccc1. The summed E-state index contributed by atoms with van der Waals surface area (Å²) in [5, 5.41) is 11.8. The molecule has 3 rings (SSSR count). The van der Waals surface area contributed by atoms with Crippen molar-refractivity contribution in [2.24, 2.45) is 0 Å². The van der Waals surface area contributed by atoms with Gasteiger partial charge in [0.05, 0.1) is 12.5 Å². The minimum absolute atomic E-state index is 0.0990. The van der Waals surface area contributed by atoms with E-state index in [1.807, 2.05) is 36.4 Å². The first-order chi connectivity index (χ1) is 16.7. The number of hydrogen-bond donors (Lipinski definition) is 1. The standard InChI is InChI=1S/C27H35N5O2/c28-16-9-19-32(25-12-5-2-6-13-25)27(34)15-14-26(33)29-17-7-8-18-30-20-22-31(23-21-30)24-10-3-1-4-11-24/h1-6,10-13H,7-9,14-15,17-23H2,(H,29,33). The molecule has 0 aromatic heterocycles.